The summed E-state index contributed by atoms with van der Waals surface area (Å²) in [4.78, 5) is 18.8. The van der Waals surface area contributed by atoms with Crippen molar-refractivity contribution in [3.63, 3.8) is 0 Å². The Labute approximate surface area is 194 Å². The molecule has 0 saturated heterocycles. The van der Waals surface area contributed by atoms with Crippen LogP contribution in [0.2, 0.25) is 0 Å². The summed E-state index contributed by atoms with van der Waals surface area (Å²) in [6.45, 7) is 2.60. The van der Waals surface area contributed by atoms with E-state index in [-0.39, 0.29) is 11.3 Å². The minimum Gasteiger partial charge on any atom is -0.507 e. The number of fused-ring (bicyclic) bond motifs is 4. The third kappa shape index (κ3) is 3.12. The summed E-state index contributed by atoms with van der Waals surface area (Å²) in [6.07, 6.45) is 0. The monoisotopic (exact) mass is 448 g/mol. The van der Waals surface area contributed by atoms with Gasteiger partial charge in [0.2, 0.25) is 0 Å². The van der Waals surface area contributed by atoms with Crippen LogP contribution in [-0.2, 0) is 6.54 Å². The summed E-state index contributed by atoms with van der Waals surface area (Å²) in [7, 11) is 0. The first-order valence-electron chi connectivity index (χ1n) is 10.8. The van der Waals surface area contributed by atoms with Crippen molar-refractivity contribution in [3.05, 3.63) is 123 Å². The van der Waals surface area contributed by atoms with Gasteiger partial charge in [-0.05, 0) is 23.6 Å². The lowest BCUT2D eigenvalue weighted by Crippen LogP contribution is -2.23. The molecule has 2 aromatic heterocycles. The van der Waals surface area contributed by atoms with Gasteiger partial charge in [-0.25, -0.2) is 0 Å². The second-order valence-electron chi connectivity index (χ2n) is 8.27. The molecule has 5 heteroatoms. The zero-order valence-corrected chi connectivity index (χ0v) is 18.8. The number of nitrogens with zero attached hydrogens (tertiary/aromatic N) is 2. The normalized spacial score (nSPS) is 14.1. The van der Waals surface area contributed by atoms with Gasteiger partial charge in [-0.1, -0.05) is 84.4 Å². The van der Waals surface area contributed by atoms with Crippen LogP contribution in [0, 0.1) is 6.92 Å². The van der Waals surface area contributed by atoms with Crippen LogP contribution in [-0.4, -0.2) is 14.7 Å². The van der Waals surface area contributed by atoms with Crippen LogP contribution in [0.4, 0.5) is 0 Å². The highest BCUT2D eigenvalue weighted by molar-refractivity contribution is 7.17. The van der Waals surface area contributed by atoms with Gasteiger partial charge in [0.05, 0.1) is 17.5 Å². The lowest BCUT2D eigenvalue weighted by atomic mass is 9.92. The summed E-state index contributed by atoms with van der Waals surface area (Å²) in [5.74, 6) is 0.632. The van der Waals surface area contributed by atoms with E-state index in [4.69, 9.17) is 0 Å². The molecule has 0 saturated carbocycles. The fourth-order valence-electron chi connectivity index (χ4n) is 4.51. The molecule has 4 nitrogen and oxygen atoms in total. The molecule has 0 amide bonds. The van der Waals surface area contributed by atoms with Crippen LogP contribution in [0.25, 0.3) is 32.7 Å². The number of hydrogen-bond acceptors (Lipinski definition) is 4. The van der Waals surface area contributed by atoms with Gasteiger partial charge < -0.3 is 9.67 Å². The van der Waals surface area contributed by atoms with Gasteiger partial charge in [-0.3, -0.25) is 4.79 Å². The zero-order chi connectivity index (χ0) is 22.5. The minimum absolute atomic E-state index is 0.127. The Hall–Kier alpha value is -3.96. The van der Waals surface area contributed by atoms with E-state index in [0.29, 0.717) is 28.9 Å². The molecular formula is C28H20N2O2S. The van der Waals surface area contributed by atoms with E-state index >= 15 is 0 Å². The molecule has 0 aliphatic carbocycles. The number of aliphatic hydroxyl groups is 1. The number of aromatic nitrogens is 2. The molecule has 3 aromatic carbocycles. The molecule has 1 N–H and O–H groups in total. The van der Waals surface area contributed by atoms with E-state index < -0.39 is 0 Å². The van der Waals surface area contributed by atoms with Crippen LogP contribution in [0.3, 0.4) is 0 Å². The fraction of sp³-hybridized carbons (Fsp3) is 0.0714. The van der Waals surface area contributed by atoms with E-state index in [1.807, 2.05) is 85.1 Å². The highest BCUT2D eigenvalue weighted by atomic mass is 32.1. The molecule has 0 atom stereocenters. The molecule has 3 heterocycles. The number of hydrogen-bond donors (Lipinski definition) is 1. The highest BCUT2D eigenvalue weighted by Crippen LogP contribution is 2.39. The van der Waals surface area contributed by atoms with Gasteiger partial charge in [-0.15, -0.1) is 11.3 Å². The standard InChI is InChI=1S/C28H20N2O2S/c1-17-11-13-19(14-12-17)25(31)23-21-10-6-5-9-20(21)15-30-26(23)29-27(32)24-22(16-33-28(24)30)18-7-3-2-4-8-18/h2-14,16,31H,15H2,1H3. The Morgan fingerprint density at radius 3 is 2.45 bits per heavy atom. The SMILES string of the molecule is Cc1ccc(C(O)=C2c3ccccc3Cn3c2nc(=O)c2c(-c4ccccc4)csc23)cc1. The van der Waals surface area contributed by atoms with Crippen molar-refractivity contribution in [2.24, 2.45) is 0 Å². The second kappa shape index (κ2) is 7.57. The maximum absolute atomic E-state index is 13.3. The molecule has 160 valence electrons. The maximum atomic E-state index is 13.3. The lowest BCUT2D eigenvalue weighted by molar-refractivity contribution is 0.512. The summed E-state index contributed by atoms with van der Waals surface area (Å²) >= 11 is 1.54. The number of rotatable bonds is 2. The fourth-order valence-corrected chi connectivity index (χ4v) is 5.59. The Morgan fingerprint density at radius 1 is 0.939 bits per heavy atom. The van der Waals surface area contributed by atoms with E-state index in [9.17, 15) is 9.90 Å². The van der Waals surface area contributed by atoms with Crippen LogP contribution >= 0.6 is 11.3 Å². The average molecular weight is 449 g/mol. The van der Waals surface area contributed by atoms with Crippen molar-refractivity contribution in [2.75, 3.05) is 0 Å². The van der Waals surface area contributed by atoms with Gasteiger partial charge in [0.1, 0.15) is 16.4 Å². The first-order chi connectivity index (χ1) is 16.1. The Balaban J connectivity index is 1.67. The molecule has 33 heavy (non-hydrogen) atoms. The minimum atomic E-state index is -0.273. The summed E-state index contributed by atoms with van der Waals surface area (Å²) in [6, 6.07) is 25.7. The van der Waals surface area contributed by atoms with Gasteiger partial charge in [0.15, 0.2) is 0 Å². The summed E-state index contributed by atoms with van der Waals surface area (Å²) in [5, 5.41) is 14.1. The van der Waals surface area contributed by atoms with Crippen molar-refractivity contribution in [3.8, 4) is 11.1 Å². The Morgan fingerprint density at radius 2 is 1.67 bits per heavy atom. The molecule has 0 radical (unpaired) electrons. The Kier molecular flexibility index (Phi) is 4.52. The topological polar surface area (TPSA) is 55.1 Å². The van der Waals surface area contributed by atoms with Crippen molar-refractivity contribution in [2.45, 2.75) is 13.5 Å². The molecule has 1 aliphatic heterocycles. The molecule has 5 aromatic rings. The van der Waals surface area contributed by atoms with E-state index in [0.717, 1.165) is 32.6 Å². The molecule has 0 bridgehead atoms. The first-order valence-corrected chi connectivity index (χ1v) is 11.7. The smallest absolute Gasteiger partial charge is 0.282 e. The van der Waals surface area contributed by atoms with Crippen LogP contribution in [0.15, 0.2) is 89.0 Å². The highest BCUT2D eigenvalue weighted by Gasteiger charge is 2.28. The first kappa shape index (κ1) is 19.7. The van der Waals surface area contributed by atoms with Gasteiger partial charge in [0.25, 0.3) is 5.56 Å². The molecule has 0 fully saturated rings. The second-order valence-corrected chi connectivity index (χ2v) is 9.13. The number of aliphatic hydroxyl groups excluding tert-OH is 1. The van der Waals surface area contributed by atoms with Crippen molar-refractivity contribution < 1.29 is 5.11 Å². The molecule has 1 aliphatic rings. The van der Waals surface area contributed by atoms with Crippen molar-refractivity contribution in [1.29, 1.82) is 0 Å². The lowest BCUT2D eigenvalue weighted by Gasteiger charge is -2.25. The predicted molar refractivity (Wildman–Crippen MR) is 135 cm³/mol. The number of benzene rings is 3. The zero-order valence-electron chi connectivity index (χ0n) is 17.9. The van der Waals surface area contributed by atoms with Gasteiger partial charge >= 0.3 is 0 Å². The third-order valence-corrected chi connectivity index (χ3v) is 7.18. The summed E-state index contributed by atoms with van der Waals surface area (Å²) < 4.78 is 2.07. The van der Waals surface area contributed by atoms with E-state index in [1.165, 1.54) is 0 Å². The van der Waals surface area contributed by atoms with Crippen molar-refractivity contribution in [1.82, 2.24) is 9.55 Å². The Bertz CT molecular complexity index is 1610. The quantitative estimate of drug-likeness (QED) is 0.318. The third-order valence-electron chi connectivity index (χ3n) is 6.18. The van der Waals surface area contributed by atoms with Gasteiger partial charge in [-0.2, -0.15) is 4.98 Å². The molecule has 6 rings (SSSR count). The molecule has 0 unspecified atom stereocenters. The van der Waals surface area contributed by atoms with E-state index in [2.05, 4.69) is 15.6 Å². The van der Waals surface area contributed by atoms with Crippen LogP contribution < -0.4 is 5.56 Å². The van der Waals surface area contributed by atoms with Crippen molar-refractivity contribution >= 4 is 32.9 Å². The van der Waals surface area contributed by atoms with Crippen LogP contribution in [0.1, 0.15) is 28.1 Å². The number of thiophene rings is 1. The van der Waals surface area contributed by atoms with E-state index in [1.54, 1.807) is 11.3 Å². The van der Waals surface area contributed by atoms with Crippen LogP contribution in [0.5, 0.6) is 0 Å². The molecular weight excluding hydrogens is 428 g/mol. The largest absolute Gasteiger partial charge is 0.507 e. The average Bonchev–Trinajstić information content (AvgIpc) is 3.30. The molecule has 0 spiro atoms. The van der Waals surface area contributed by atoms with Gasteiger partial charge in [0, 0.05) is 16.5 Å². The predicted octanol–water partition coefficient (Wildman–Crippen LogP) is 6.27. The summed E-state index contributed by atoms with van der Waals surface area (Å²) in [5.41, 5.74) is 6.02. The number of aryl methyl sites for hydroxylation is 1. The maximum Gasteiger partial charge on any atom is 0.282 e.